The van der Waals surface area contributed by atoms with Gasteiger partial charge in [0.15, 0.2) is 15.6 Å². The Balaban J connectivity index is 2.90. The van der Waals surface area contributed by atoms with E-state index in [0.717, 1.165) is 11.8 Å². The molecule has 0 aliphatic rings. The van der Waals surface area contributed by atoms with Crippen molar-refractivity contribution in [3.8, 4) is 0 Å². The van der Waals surface area contributed by atoms with Crippen molar-refractivity contribution in [2.45, 2.75) is 25.0 Å². The molecule has 0 radical (unpaired) electrons. The van der Waals surface area contributed by atoms with E-state index in [1.807, 2.05) is 0 Å². The van der Waals surface area contributed by atoms with Gasteiger partial charge in [-0.15, -0.1) is 0 Å². The molecule has 1 aromatic rings. The molecule has 1 heterocycles. The Morgan fingerprint density at radius 3 is 2.50 bits per heavy atom. The number of nitrogens with zero attached hydrogens (tertiary/aromatic N) is 1. The molecule has 0 aromatic carbocycles. The van der Waals surface area contributed by atoms with Crippen LogP contribution in [0.5, 0.6) is 0 Å². The zero-order valence-corrected chi connectivity index (χ0v) is 10.4. The highest BCUT2D eigenvalue weighted by Gasteiger charge is 2.37. The fraction of sp³-hybridized carbons (Fsp3) is 0.455. The van der Waals surface area contributed by atoms with E-state index in [-0.39, 0.29) is 12.2 Å². The van der Waals surface area contributed by atoms with Gasteiger partial charge in [-0.25, -0.2) is 8.42 Å². The van der Waals surface area contributed by atoms with Crippen molar-refractivity contribution >= 4 is 15.6 Å². The maximum absolute atomic E-state index is 11.9. The van der Waals surface area contributed by atoms with Crippen LogP contribution in [-0.4, -0.2) is 30.2 Å². The number of carbonyl (C=O) groups excluding carboxylic acids is 1. The highest BCUT2D eigenvalue weighted by molar-refractivity contribution is 7.92. The summed E-state index contributed by atoms with van der Waals surface area (Å²) in [6.07, 6.45) is 4.34. The SMILES string of the molecule is CC(C)(C(=O)Cc1cccnc1)S(C)(=O)=O. The van der Waals surface area contributed by atoms with E-state index < -0.39 is 14.6 Å². The number of ketones is 1. The molecular weight excluding hydrogens is 226 g/mol. The van der Waals surface area contributed by atoms with E-state index in [1.165, 1.54) is 13.8 Å². The molecule has 0 N–H and O–H groups in total. The third kappa shape index (κ3) is 2.66. The first kappa shape index (κ1) is 12.8. The van der Waals surface area contributed by atoms with Gasteiger partial charge in [-0.2, -0.15) is 0 Å². The standard InChI is InChI=1S/C11H15NO3S/c1-11(2,16(3,14)15)10(13)7-9-5-4-6-12-8-9/h4-6,8H,7H2,1-3H3. The quantitative estimate of drug-likeness (QED) is 0.789. The second kappa shape index (κ2) is 4.33. The highest BCUT2D eigenvalue weighted by Crippen LogP contribution is 2.18. The zero-order valence-electron chi connectivity index (χ0n) is 9.60. The molecule has 0 aliphatic carbocycles. The molecule has 1 aromatic heterocycles. The first-order chi connectivity index (χ1) is 7.25. The van der Waals surface area contributed by atoms with Gasteiger partial charge in [-0.3, -0.25) is 9.78 Å². The Labute approximate surface area is 95.6 Å². The summed E-state index contributed by atoms with van der Waals surface area (Å²) in [4.78, 5) is 15.8. The fourth-order valence-corrected chi connectivity index (χ4v) is 1.59. The molecule has 0 atom stereocenters. The number of rotatable bonds is 4. The smallest absolute Gasteiger partial charge is 0.159 e. The normalized spacial score (nSPS) is 12.4. The van der Waals surface area contributed by atoms with Crippen LogP contribution in [0.25, 0.3) is 0 Å². The predicted octanol–water partition coefficient (Wildman–Crippen LogP) is 1.02. The van der Waals surface area contributed by atoms with Crippen LogP contribution in [0, 0.1) is 0 Å². The van der Waals surface area contributed by atoms with E-state index >= 15 is 0 Å². The van der Waals surface area contributed by atoms with Crippen molar-refractivity contribution < 1.29 is 13.2 Å². The number of Topliss-reactive ketones (excluding diaryl/α,β-unsaturated/α-hetero) is 1. The molecule has 16 heavy (non-hydrogen) atoms. The molecule has 0 aliphatic heterocycles. The average molecular weight is 241 g/mol. The maximum atomic E-state index is 11.9. The molecule has 0 saturated heterocycles. The molecule has 88 valence electrons. The molecule has 0 amide bonds. The summed E-state index contributed by atoms with van der Waals surface area (Å²) in [6, 6.07) is 3.47. The van der Waals surface area contributed by atoms with E-state index in [2.05, 4.69) is 4.98 Å². The zero-order chi connectivity index (χ0) is 12.4. The molecular formula is C11H15NO3S. The van der Waals surface area contributed by atoms with E-state index in [1.54, 1.807) is 24.5 Å². The Morgan fingerprint density at radius 1 is 1.44 bits per heavy atom. The van der Waals surface area contributed by atoms with E-state index in [9.17, 15) is 13.2 Å². The summed E-state index contributed by atoms with van der Waals surface area (Å²) < 4.78 is 21.6. The lowest BCUT2D eigenvalue weighted by Crippen LogP contribution is -2.40. The van der Waals surface area contributed by atoms with Crippen LogP contribution in [0.3, 0.4) is 0 Å². The Bertz CT molecular complexity index is 477. The van der Waals surface area contributed by atoms with E-state index in [4.69, 9.17) is 0 Å². The highest BCUT2D eigenvalue weighted by atomic mass is 32.2. The molecule has 0 bridgehead atoms. The van der Waals surface area contributed by atoms with Crippen molar-refractivity contribution in [1.82, 2.24) is 4.98 Å². The largest absolute Gasteiger partial charge is 0.298 e. The summed E-state index contributed by atoms with van der Waals surface area (Å²) in [7, 11) is -3.39. The van der Waals surface area contributed by atoms with Crippen LogP contribution in [0.15, 0.2) is 24.5 Å². The molecule has 0 fully saturated rings. The van der Waals surface area contributed by atoms with Crippen molar-refractivity contribution in [2.24, 2.45) is 0 Å². The molecule has 0 saturated carbocycles. The third-order valence-corrected chi connectivity index (χ3v) is 4.77. The molecule has 1 rings (SSSR count). The van der Waals surface area contributed by atoms with Gasteiger partial charge in [0.1, 0.15) is 4.75 Å². The van der Waals surface area contributed by atoms with Gasteiger partial charge in [0.25, 0.3) is 0 Å². The first-order valence-electron chi connectivity index (χ1n) is 4.87. The monoisotopic (exact) mass is 241 g/mol. The van der Waals surface area contributed by atoms with Gasteiger partial charge < -0.3 is 0 Å². The minimum atomic E-state index is -3.39. The van der Waals surface area contributed by atoms with Crippen molar-refractivity contribution in [1.29, 1.82) is 0 Å². The summed E-state index contributed by atoms with van der Waals surface area (Å²) in [5.74, 6) is -0.317. The van der Waals surface area contributed by atoms with Crippen LogP contribution >= 0.6 is 0 Å². The number of carbonyl (C=O) groups is 1. The molecule has 4 nitrogen and oxygen atoms in total. The second-order valence-electron chi connectivity index (χ2n) is 4.24. The summed E-state index contributed by atoms with van der Waals surface area (Å²) in [5.41, 5.74) is 0.726. The van der Waals surface area contributed by atoms with E-state index in [0.29, 0.717) is 0 Å². The number of aromatic nitrogens is 1. The van der Waals surface area contributed by atoms with Gasteiger partial charge in [-0.05, 0) is 25.5 Å². The predicted molar refractivity (Wildman–Crippen MR) is 61.9 cm³/mol. The van der Waals surface area contributed by atoms with Gasteiger partial charge in [0, 0.05) is 25.1 Å². The number of sulfone groups is 1. The number of pyridine rings is 1. The summed E-state index contributed by atoms with van der Waals surface area (Å²) in [6.45, 7) is 2.86. The molecule has 5 heteroatoms. The van der Waals surface area contributed by atoms with Gasteiger partial charge >= 0.3 is 0 Å². The topological polar surface area (TPSA) is 64.1 Å². The van der Waals surface area contributed by atoms with Crippen LogP contribution in [0.1, 0.15) is 19.4 Å². The minimum absolute atomic E-state index is 0.0912. The minimum Gasteiger partial charge on any atom is -0.298 e. The third-order valence-electron chi connectivity index (χ3n) is 2.69. The van der Waals surface area contributed by atoms with Gasteiger partial charge in [0.2, 0.25) is 0 Å². The van der Waals surface area contributed by atoms with Crippen LogP contribution in [-0.2, 0) is 21.1 Å². The van der Waals surface area contributed by atoms with Crippen LogP contribution in [0.4, 0.5) is 0 Å². The average Bonchev–Trinajstić information content (AvgIpc) is 2.17. The van der Waals surface area contributed by atoms with Gasteiger partial charge in [0.05, 0.1) is 0 Å². The molecule has 0 spiro atoms. The Morgan fingerprint density at radius 2 is 2.06 bits per heavy atom. The number of hydrogen-bond acceptors (Lipinski definition) is 4. The van der Waals surface area contributed by atoms with Crippen LogP contribution < -0.4 is 0 Å². The Kier molecular flexibility index (Phi) is 3.48. The van der Waals surface area contributed by atoms with Crippen molar-refractivity contribution in [3.05, 3.63) is 30.1 Å². The van der Waals surface area contributed by atoms with Gasteiger partial charge in [-0.1, -0.05) is 6.07 Å². The summed E-state index contributed by atoms with van der Waals surface area (Å²) >= 11 is 0. The van der Waals surface area contributed by atoms with Crippen molar-refractivity contribution in [3.63, 3.8) is 0 Å². The second-order valence-corrected chi connectivity index (χ2v) is 6.81. The number of hydrogen-bond donors (Lipinski definition) is 0. The van der Waals surface area contributed by atoms with Crippen LogP contribution in [0.2, 0.25) is 0 Å². The molecule has 0 unspecified atom stereocenters. The fourth-order valence-electron chi connectivity index (χ4n) is 1.11. The summed E-state index contributed by atoms with van der Waals surface area (Å²) in [5, 5.41) is 0. The van der Waals surface area contributed by atoms with Crippen molar-refractivity contribution in [2.75, 3.05) is 6.26 Å². The lowest BCUT2D eigenvalue weighted by molar-refractivity contribution is -0.120. The Hall–Kier alpha value is -1.23. The lowest BCUT2D eigenvalue weighted by Gasteiger charge is -2.20. The maximum Gasteiger partial charge on any atom is 0.159 e. The lowest BCUT2D eigenvalue weighted by atomic mass is 10.0. The first-order valence-corrected chi connectivity index (χ1v) is 6.76.